The monoisotopic (exact) mass is 485 g/mol. The summed E-state index contributed by atoms with van der Waals surface area (Å²) in [5.74, 6) is -1.21. The SMILES string of the molecule is O=[N+]([O-])c1cc([N+](=O)[O-])c(O)c([N+](=O)[O-])c1.c1ccc2nc(-c3ccc4ccccc4n3)ccc2c1. The number of aromatic nitrogens is 2. The second kappa shape index (κ2) is 9.77. The van der Waals surface area contributed by atoms with Gasteiger partial charge in [0.1, 0.15) is 0 Å². The van der Waals surface area contributed by atoms with Gasteiger partial charge in [0.25, 0.3) is 11.4 Å². The molecule has 0 bridgehead atoms. The van der Waals surface area contributed by atoms with E-state index in [1.807, 2.05) is 48.5 Å². The Morgan fingerprint density at radius 3 is 1.39 bits per heavy atom. The molecule has 5 aromatic rings. The standard InChI is InChI=1S/C18H12N2.C6H3N3O7/c1-3-7-15-13(5-1)9-11-17(19-15)18-12-10-14-6-2-4-8-16(14)20-18;10-6-4(8(13)14)1-3(7(11)12)2-5(6)9(15)16/h1-12H;1-2,10H. The van der Waals surface area contributed by atoms with E-state index in [-0.39, 0.29) is 0 Å². The van der Waals surface area contributed by atoms with Gasteiger partial charge in [0, 0.05) is 10.8 Å². The lowest BCUT2D eigenvalue weighted by Crippen LogP contribution is -1.97. The van der Waals surface area contributed by atoms with Crippen LogP contribution in [0.3, 0.4) is 0 Å². The summed E-state index contributed by atoms with van der Waals surface area (Å²) in [6, 6.07) is 25.4. The average Bonchev–Trinajstić information content (AvgIpc) is 2.88. The zero-order valence-electron chi connectivity index (χ0n) is 18.2. The number of nitro groups is 3. The molecule has 3 aromatic carbocycles. The summed E-state index contributed by atoms with van der Waals surface area (Å²) in [6.07, 6.45) is 0. The van der Waals surface area contributed by atoms with Crippen LogP contribution >= 0.6 is 0 Å². The number of nitrogens with zero attached hydrogens (tertiary/aromatic N) is 5. The zero-order chi connectivity index (χ0) is 25.8. The molecule has 5 rings (SSSR count). The summed E-state index contributed by atoms with van der Waals surface area (Å²) in [6.45, 7) is 0. The molecule has 0 spiro atoms. The first-order valence-electron chi connectivity index (χ1n) is 10.3. The van der Waals surface area contributed by atoms with Crippen LogP contribution in [0.1, 0.15) is 0 Å². The fourth-order valence-corrected chi connectivity index (χ4v) is 3.39. The highest BCUT2D eigenvalue weighted by atomic mass is 16.6. The van der Waals surface area contributed by atoms with Crippen LogP contribution in [-0.4, -0.2) is 29.8 Å². The second-order valence-electron chi connectivity index (χ2n) is 7.38. The molecule has 12 nitrogen and oxygen atoms in total. The number of rotatable bonds is 4. The molecule has 2 heterocycles. The van der Waals surface area contributed by atoms with Crippen LogP contribution in [0.15, 0.2) is 84.9 Å². The number of benzene rings is 3. The Balaban J connectivity index is 0.000000175. The molecule has 0 unspecified atom stereocenters. The molecule has 0 aliphatic rings. The van der Waals surface area contributed by atoms with Crippen molar-refractivity contribution < 1.29 is 19.9 Å². The summed E-state index contributed by atoms with van der Waals surface area (Å²) in [5, 5.41) is 42.5. The van der Waals surface area contributed by atoms with Crippen LogP contribution in [0.4, 0.5) is 17.1 Å². The molecule has 0 amide bonds. The van der Waals surface area contributed by atoms with Crippen molar-refractivity contribution in [1.82, 2.24) is 9.97 Å². The van der Waals surface area contributed by atoms with Crippen molar-refractivity contribution >= 4 is 38.9 Å². The summed E-state index contributed by atoms with van der Waals surface area (Å²) in [5.41, 5.74) is 0.821. The molecule has 12 heteroatoms. The lowest BCUT2D eigenvalue weighted by atomic mass is 10.1. The maximum absolute atomic E-state index is 10.4. The number of hydrogen-bond acceptors (Lipinski definition) is 9. The smallest absolute Gasteiger partial charge is 0.324 e. The molecule has 0 saturated heterocycles. The summed E-state index contributed by atoms with van der Waals surface area (Å²) in [7, 11) is 0. The number of hydrogen-bond donors (Lipinski definition) is 1. The van der Waals surface area contributed by atoms with Gasteiger partial charge in [-0.25, -0.2) is 9.97 Å². The van der Waals surface area contributed by atoms with Crippen LogP contribution in [0, 0.1) is 30.3 Å². The van der Waals surface area contributed by atoms with Gasteiger partial charge in [0.2, 0.25) is 0 Å². The topological polar surface area (TPSA) is 175 Å². The average molecular weight is 485 g/mol. The number of phenols is 1. The molecule has 36 heavy (non-hydrogen) atoms. The fraction of sp³-hybridized carbons (Fsp3) is 0. The predicted molar refractivity (Wildman–Crippen MR) is 131 cm³/mol. The van der Waals surface area contributed by atoms with E-state index in [4.69, 9.17) is 5.11 Å². The van der Waals surface area contributed by atoms with Crippen molar-refractivity contribution in [1.29, 1.82) is 0 Å². The Hall–Kier alpha value is -5.52. The first-order valence-corrected chi connectivity index (χ1v) is 10.3. The molecular weight excluding hydrogens is 470 g/mol. The molecule has 0 saturated carbocycles. The largest absolute Gasteiger partial charge is 0.497 e. The van der Waals surface area contributed by atoms with Gasteiger partial charge in [0.05, 0.1) is 49.3 Å². The van der Waals surface area contributed by atoms with Crippen molar-refractivity contribution in [2.45, 2.75) is 0 Å². The van der Waals surface area contributed by atoms with Gasteiger partial charge in [0.15, 0.2) is 0 Å². The van der Waals surface area contributed by atoms with E-state index in [9.17, 15) is 30.3 Å². The number of fused-ring (bicyclic) bond motifs is 2. The van der Waals surface area contributed by atoms with E-state index in [1.54, 1.807) is 0 Å². The number of para-hydroxylation sites is 2. The van der Waals surface area contributed by atoms with Crippen LogP contribution in [0.5, 0.6) is 5.75 Å². The second-order valence-corrected chi connectivity index (χ2v) is 7.38. The summed E-state index contributed by atoms with van der Waals surface area (Å²) in [4.78, 5) is 37.1. The van der Waals surface area contributed by atoms with Gasteiger partial charge in [-0.1, -0.05) is 48.5 Å². The highest BCUT2D eigenvalue weighted by Gasteiger charge is 2.30. The van der Waals surface area contributed by atoms with E-state index < -0.39 is 37.6 Å². The number of aromatic hydroxyl groups is 1. The molecule has 0 aliphatic heterocycles. The van der Waals surface area contributed by atoms with E-state index >= 15 is 0 Å². The van der Waals surface area contributed by atoms with Crippen molar-refractivity contribution in [3.63, 3.8) is 0 Å². The van der Waals surface area contributed by atoms with Crippen molar-refractivity contribution in [2.24, 2.45) is 0 Å². The first kappa shape index (κ1) is 23.6. The lowest BCUT2D eigenvalue weighted by Gasteiger charge is -2.04. The molecular formula is C24H15N5O7. The summed E-state index contributed by atoms with van der Waals surface area (Å²) < 4.78 is 0. The van der Waals surface area contributed by atoms with Gasteiger partial charge in [-0.15, -0.1) is 0 Å². The van der Waals surface area contributed by atoms with Crippen molar-refractivity contribution in [3.05, 3.63) is 115 Å². The van der Waals surface area contributed by atoms with Gasteiger partial charge >= 0.3 is 11.4 Å². The maximum atomic E-state index is 10.4. The normalized spacial score (nSPS) is 10.4. The molecule has 2 aromatic heterocycles. The molecule has 0 atom stereocenters. The first-order chi connectivity index (χ1) is 17.2. The van der Waals surface area contributed by atoms with Crippen LogP contribution in [0.25, 0.3) is 33.2 Å². The lowest BCUT2D eigenvalue weighted by molar-refractivity contribution is -0.404. The Labute approximate surface area is 201 Å². The summed E-state index contributed by atoms with van der Waals surface area (Å²) >= 11 is 0. The highest BCUT2D eigenvalue weighted by Crippen LogP contribution is 2.39. The third-order valence-corrected chi connectivity index (χ3v) is 5.12. The number of phenolic OH excluding ortho intramolecular Hbond substituents is 1. The van der Waals surface area contributed by atoms with E-state index in [2.05, 4.69) is 34.2 Å². The van der Waals surface area contributed by atoms with Crippen molar-refractivity contribution in [2.75, 3.05) is 0 Å². The minimum absolute atomic E-state index is 0.447. The minimum atomic E-state index is -1.21. The predicted octanol–water partition coefficient (Wildman–Crippen LogP) is 5.57. The van der Waals surface area contributed by atoms with Crippen LogP contribution < -0.4 is 0 Å². The molecule has 0 radical (unpaired) electrons. The highest BCUT2D eigenvalue weighted by molar-refractivity contribution is 5.84. The third kappa shape index (κ3) is 4.87. The Bertz CT molecular complexity index is 1540. The Kier molecular flexibility index (Phi) is 6.41. The van der Waals surface area contributed by atoms with Gasteiger partial charge in [-0.2, -0.15) is 0 Å². The number of non-ortho nitro benzene ring substituents is 1. The molecule has 178 valence electrons. The zero-order valence-corrected chi connectivity index (χ0v) is 18.2. The van der Waals surface area contributed by atoms with E-state index in [0.717, 1.165) is 33.2 Å². The van der Waals surface area contributed by atoms with Crippen molar-refractivity contribution in [3.8, 4) is 17.1 Å². The molecule has 0 fully saturated rings. The molecule has 1 N–H and O–H groups in total. The van der Waals surface area contributed by atoms with Gasteiger partial charge < -0.3 is 5.11 Å². The van der Waals surface area contributed by atoms with Crippen LogP contribution in [0.2, 0.25) is 0 Å². The van der Waals surface area contributed by atoms with Gasteiger partial charge in [-0.05, 0) is 24.3 Å². The quantitative estimate of drug-likeness (QED) is 0.252. The van der Waals surface area contributed by atoms with E-state index in [0.29, 0.717) is 12.1 Å². The maximum Gasteiger partial charge on any atom is 0.324 e. The molecule has 0 aliphatic carbocycles. The Morgan fingerprint density at radius 1 is 0.583 bits per heavy atom. The van der Waals surface area contributed by atoms with E-state index in [1.165, 1.54) is 0 Å². The fourth-order valence-electron chi connectivity index (χ4n) is 3.39. The Morgan fingerprint density at radius 2 is 1.00 bits per heavy atom. The van der Waals surface area contributed by atoms with Crippen LogP contribution in [-0.2, 0) is 0 Å². The number of pyridine rings is 2. The minimum Gasteiger partial charge on any atom is -0.497 e. The number of nitro benzene ring substituents is 3. The third-order valence-electron chi connectivity index (χ3n) is 5.12. The van der Waals surface area contributed by atoms with Gasteiger partial charge in [-0.3, -0.25) is 30.3 Å².